The number of nitrogen functional groups attached to an aromatic ring is 1. The Morgan fingerprint density at radius 3 is 1.13 bits per heavy atom. The number of aryl methyl sites for hydroxylation is 6. The highest BCUT2D eigenvalue weighted by molar-refractivity contribution is 7.16. The molecule has 530 valence electrons. The van der Waals surface area contributed by atoms with Crippen LogP contribution in [-0.2, 0) is 0 Å². The van der Waals surface area contributed by atoms with Gasteiger partial charge < -0.3 is 42.0 Å². The highest BCUT2D eigenvalue weighted by Gasteiger charge is 2.13. The van der Waals surface area contributed by atoms with Gasteiger partial charge in [0.2, 0.25) is 29.7 Å². The molecule has 16 aromatic rings. The van der Waals surface area contributed by atoms with Crippen molar-refractivity contribution in [2.24, 2.45) is 0 Å². The predicted octanol–water partition coefficient (Wildman–Crippen LogP) is 19.5. The Bertz CT molecular complexity index is 5620. The summed E-state index contributed by atoms with van der Waals surface area (Å²) >= 11 is 14.1. The van der Waals surface area contributed by atoms with Gasteiger partial charge in [0.15, 0.2) is 5.78 Å². The van der Waals surface area contributed by atoms with E-state index in [2.05, 4.69) is 112 Å². The Hall–Kier alpha value is -12.3. The summed E-state index contributed by atoms with van der Waals surface area (Å²) in [6, 6.07) is 45.5. The van der Waals surface area contributed by atoms with Crippen molar-refractivity contribution >= 4 is 149 Å². The predicted molar refractivity (Wildman–Crippen MR) is 431 cm³/mol. The van der Waals surface area contributed by atoms with E-state index in [1.54, 1.807) is 114 Å². The van der Waals surface area contributed by atoms with Crippen LogP contribution in [-0.4, -0.2) is 92.6 Å². The standard InChI is InChI=1S/C16H13N5S.C16H14N4OS.C15H13ClN4S.C15H14N4OS.C14H13N5S/c1-10-9-19-15(22-10)14-5-7-18-16(21-14)20-12-2-3-13-11(8-12)4-6-17-13;1-10-9-18-15(22-10)14-6-7-17-16(20-14)19-13-5-3-4-12(8-13)11(2)21;1-9-7-11(3-4-12(9)16)19-15-17-6-5-13(20-15)14-18-8-10(2)21-14;1-10-9-17-14(21-10)13-7-8-16-15(19-13)18-11-3-5-12(20-2)6-4-11;1-9-8-17-13(20-9)12-5-6-16-14(19-12)18-11-4-2-3-10(15)7-11/h2-9,17H,1H3,(H,18,20,21);3-9H,1-2H3,(H,17,19,20);3-8H,1-2H3,(H,17,19,20);3-9H,1-2H3,(H,16,18,19);2-8H,15H2,1H3,(H,16,18,19). The lowest BCUT2D eigenvalue weighted by atomic mass is 10.1. The van der Waals surface area contributed by atoms with Crippen molar-refractivity contribution in [2.75, 3.05) is 39.4 Å². The summed E-state index contributed by atoms with van der Waals surface area (Å²) in [5.41, 5.74) is 17.7. The number of methoxy groups -OCH3 is 1. The molecule has 0 amide bonds. The van der Waals surface area contributed by atoms with Gasteiger partial charge in [-0.25, -0.2) is 74.8 Å². The van der Waals surface area contributed by atoms with E-state index in [0.29, 0.717) is 41.0 Å². The van der Waals surface area contributed by atoms with Crippen LogP contribution in [0.25, 0.3) is 64.4 Å². The lowest BCUT2D eigenvalue weighted by molar-refractivity contribution is 0.101. The number of nitrogens with zero attached hydrogens (tertiary/aromatic N) is 15. The molecule has 0 saturated heterocycles. The topological polar surface area (TPSA) is 322 Å². The van der Waals surface area contributed by atoms with Gasteiger partial charge in [-0.15, -0.1) is 56.7 Å². The zero-order valence-corrected chi connectivity index (χ0v) is 63.1. The quantitative estimate of drug-likeness (QED) is 0.0329. The van der Waals surface area contributed by atoms with E-state index in [9.17, 15) is 4.79 Å². The first-order chi connectivity index (χ1) is 51.4. The largest absolute Gasteiger partial charge is 0.497 e. The number of rotatable bonds is 17. The average Bonchev–Trinajstić information content (AvgIpc) is 1.60. The number of anilines is 11. The van der Waals surface area contributed by atoms with Crippen LogP contribution < -0.4 is 37.1 Å². The van der Waals surface area contributed by atoms with E-state index >= 15 is 0 Å². The molecule has 0 spiro atoms. The van der Waals surface area contributed by atoms with Gasteiger partial charge in [-0.3, -0.25) is 4.79 Å². The van der Waals surface area contributed by atoms with Gasteiger partial charge in [0.25, 0.3) is 0 Å². The number of fused-ring (bicyclic) bond motifs is 1. The summed E-state index contributed by atoms with van der Waals surface area (Å²) < 4.78 is 5.13. The fourth-order valence-electron chi connectivity index (χ4n) is 9.66. The summed E-state index contributed by atoms with van der Waals surface area (Å²) in [6.07, 6.45) is 19.7. The Kier molecular flexibility index (Phi) is 24.5. The number of hydrogen-bond donors (Lipinski definition) is 7. The lowest BCUT2D eigenvalue weighted by Crippen LogP contribution is -1.99. The number of nitrogens with one attached hydrogen (secondary N) is 6. The van der Waals surface area contributed by atoms with Crippen molar-refractivity contribution < 1.29 is 9.53 Å². The van der Waals surface area contributed by atoms with Crippen LogP contribution in [0.1, 0.15) is 47.2 Å². The van der Waals surface area contributed by atoms with Crippen molar-refractivity contribution in [3.8, 4) is 59.3 Å². The third-order valence-electron chi connectivity index (χ3n) is 14.7. The van der Waals surface area contributed by atoms with E-state index < -0.39 is 0 Å². The van der Waals surface area contributed by atoms with Crippen molar-refractivity contribution in [3.05, 3.63) is 254 Å². The molecule has 0 aliphatic carbocycles. The Labute approximate surface area is 635 Å². The van der Waals surface area contributed by atoms with Gasteiger partial charge in [-0.1, -0.05) is 29.8 Å². The van der Waals surface area contributed by atoms with Crippen molar-refractivity contribution in [3.63, 3.8) is 0 Å². The first kappa shape index (κ1) is 73.5. The number of H-pyrrole nitrogens is 1. The molecule has 0 saturated carbocycles. The van der Waals surface area contributed by atoms with E-state index in [-0.39, 0.29) is 5.78 Å². The number of benzene rings is 5. The number of nitrogens with two attached hydrogens (primary N) is 1. The number of carbonyl (C=O) groups excluding carboxylic acids is 1. The third-order valence-corrected chi connectivity index (χ3v) is 19.8. The second-order valence-electron chi connectivity index (χ2n) is 23.1. The summed E-state index contributed by atoms with van der Waals surface area (Å²) in [6.45, 7) is 13.6. The van der Waals surface area contributed by atoms with Crippen molar-refractivity contribution in [1.29, 1.82) is 0 Å². The molecule has 0 bridgehead atoms. The smallest absolute Gasteiger partial charge is 0.227 e. The molecule has 0 aliphatic heterocycles. The number of aromatic amines is 1. The number of thiazole rings is 5. The van der Waals surface area contributed by atoms with Gasteiger partial charge >= 0.3 is 0 Å². The summed E-state index contributed by atoms with van der Waals surface area (Å²) in [5.74, 6) is 3.50. The maximum absolute atomic E-state index is 11.4. The molecule has 30 heteroatoms. The number of ether oxygens (including phenoxy) is 1. The van der Waals surface area contributed by atoms with Crippen LogP contribution in [0, 0.1) is 41.5 Å². The SMILES string of the molecule is CC(=O)c1cccc(Nc2nccc(-c3ncc(C)s3)n2)c1.COc1ccc(Nc2nccc(-c3ncc(C)s3)n2)cc1.Cc1cnc(-c2ccnc(Nc3ccc(Cl)c(C)c3)n2)s1.Cc1cnc(-c2ccnc(Nc3ccc4[nH]ccc4c3)n2)s1.Cc1cnc(-c2ccnc(Nc3cccc(N)c3)n2)s1. The van der Waals surface area contributed by atoms with E-state index in [1.807, 2.05) is 206 Å². The van der Waals surface area contributed by atoms with Crippen LogP contribution in [0.3, 0.4) is 0 Å². The number of aromatic nitrogens is 16. The molecule has 16 rings (SSSR count). The van der Waals surface area contributed by atoms with Crippen LogP contribution >= 0.6 is 68.3 Å². The van der Waals surface area contributed by atoms with Gasteiger partial charge in [0, 0.05) is 148 Å². The minimum absolute atomic E-state index is 0.0246. The van der Waals surface area contributed by atoms with E-state index in [4.69, 9.17) is 22.1 Å². The molecule has 8 N–H and O–H groups in total. The second kappa shape index (κ2) is 35.3. The van der Waals surface area contributed by atoms with Crippen LogP contribution in [0.15, 0.2) is 214 Å². The molecule has 106 heavy (non-hydrogen) atoms. The summed E-state index contributed by atoms with van der Waals surface area (Å²) in [5, 5.41) is 22.2. The summed E-state index contributed by atoms with van der Waals surface area (Å²) in [7, 11) is 1.64. The number of ketones is 1. The van der Waals surface area contributed by atoms with Gasteiger partial charge in [0.05, 0.1) is 7.11 Å². The molecule has 0 fully saturated rings. The lowest BCUT2D eigenvalue weighted by Gasteiger charge is -2.07. The fraction of sp³-hybridized carbons (Fsp3) is 0.105. The van der Waals surface area contributed by atoms with Crippen molar-refractivity contribution in [1.82, 2.24) is 79.7 Å². The maximum Gasteiger partial charge on any atom is 0.227 e. The molecule has 11 heterocycles. The zero-order valence-electron chi connectivity index (χ0n) is 58.2. The average molecular weight is 1520 g/mol. The number of hydrogen-bond acceptors (Lipinski definition) is 28. The first-order valence-corrected chi connectivity index (χ1v) is 37.0. The third kappa shape index (κ3) is 20.8. The highest BCUT2D eigenvalue weighted by atomic mass is 35.5. The molecule has 0 aliphatic rings. The Morgan fingerprint density at radius 1 is 0.406 bits per heavy atom. The van der Waals surface area contributed by atoms with Crippen LogP contribution in [0.4, 0.5) is 63.9 Å². The first-order valence-electron chi connectivity index (χ1n) is 32.5. The van der Waals surface area contributed by atoms with Crippen LogP contribution in [0.5, 0.6) is 5.75 Å². The summed E-state index contributed by atoms with van der Waals surface area (Å²) in [4.78, 5) is 85.7. The highest BCUT2D eigenvalue weighted by Crippen LogP contribution is 2.31. The molecular weight excluding hydrogens is 1450 g/mol. The molecular formula is C76H67ClN22O2S5. The van der Waals surface area contributed by atoms with Gasteiger partial charge in [-0.2, -0.15) is 0 Å². The number of carbonyl (C=O) groups is 1. The van der Waals surface area contributed by atoms with Crippen molar-refractivity contribution in [2.45, 2.75) is 48.5 Å². The van der Waals surface area contributed by atoms with E-state index in [1.165, 1.54) is 4.88 Å². The molecule has 0 radical (unpaired) electrons. The molecule has 11 aromatic heterocycles. The fourth-order valence-corrected chi connectivity index (χ4v) is 13.4. The molecule has 24 nitrogen and oxygen atoms in total. The maximum atomic E-state index is 11.4. The molecule has 0 unspecified atom stereocenters. The second-order valence-corrected chi connectivity index (χ2v) is 29.6. The van der Waals surface area contributed by atoms with Gasteiger partial charge in [0.1, 0.15) is 59.3 Å². The minimum atomic E-state index is 0.0246. The monoisotopic (exact) mass is 1510 g/mol. The molecule has 5 aromatic carbocycles. The van der Waals surface area contributed by atoms with Crippen LogP contribution in [0.2, 0.25) is 5.02 Å². The Morgan fingerprint density at radius 2 is 0.764 bits per heavy atom. The minimum Gasteiger partial charge on any atom is -0.497 e. The molecule has 0 atom stereocenters. The normalized spacial score (nSPS) is 10.6. The van der Waals surface area contributed by atoms with Gasteiger partial charge in [-0.05, 0) is 181 Å². The Balaban J connectivity index is 0.000000124. The number of halogens is 1. The van der Waals surface area contributed by atoms with E-state index in [0.717, 1.165) is 129 Å². The number of Topliss-reactive ketones (excluding diaryl/α,β-unsaturated/α-hetero) is 1. The zero-order chi connectivity index (χ0) is 73.9.